The minimum atomic E-state index is -0.699. The molecule has 0 aliphatic rings. The number of hydroxylamine groups is 2. The van der Waals surface area contributed by atoms with E-state index in [0.717, 1.165) is 23.1 Å². The van der Waals surface area contributed by atoms with Crippen LogP contribution in [0, 0.1) is 10.4 Å². The van der Waals surface area contributed by atoms with Gasteiger partial charge < -0.3 is 21.4 Å². The fraction of sp³-hybridized carbons (Fsp3) is 0. The molecule has 0 aromatic carbocycles. The molecular weight excluding hydrogens is 204 g/mol. The molecule has 0 unspecified atom stereocenters. The normalized spacial score (nSPS) is 6.31. The molecule has 0 radical (unpaired) electrons. The second-order valence-corrected chi connectivity index (χ2v) is 1.34. The van der Waals surface area contributed by atoms with Crippen LogP contribution in [0.1, 0.15) is 0 Å². The third-order valence-electron chi connectivity index (χ3n) is 0.572. The Morgan fingerprint density at radius 1 is 1.00 bits per heavy atom. The average Bonchev–Trinajstić information content (AvgIpc) is 2.16. The number of carbonyl (C=O) groups excluding carboxylic acids is 2. The summed E-state index contributed by atoms with van der Waals surface area (Å²) in [6, 6.07) is 0. The van der Waals surface area contributed by atoms with Crippen molar-refractivity contribution >= 4 is 49.6 Å². The van der Waals surface area contributed by atoms with Crippen LogP contribution in [0.15, 0.2) is 25.3 Å². The van der Waals surface area contributed by atoms with Gasteiger partial charge in [0.1, 0.15) is 0 Å². The predicted octanol–water partition coefficient (Wildman–Crippen LogP) is -0.808. The summed E-state index contributed by atoms with van der Waals surface area (Å²) in [5.74, 6) is -1.40. The molecule has 0 atom stereocenters. The smallest absolute Gasteiger partial charge is 0.759 e. The van der Waals surface area contributed by atoms with Gasteiger partial charge in [0.05, 0.1) is 0 Å². The molecule has 0 bridgehead atoms. The van der Waals surface area contributed by atoms with Crippen LogP contribution in [-0.2, 0) is 9.59 Å². The van der Waals surface area contributed by atoms with Crippen molar-refractivity contribution in [3.63, 3.8) is 0 Å². The summed E-state index contributed by atoms with van der Waals surface area (Å²) in [7, 11) is 0. The molecule has 68 valence electrons. The standard InChI is InChI=1S/2C3H4NO2.Ca/c2*1-2-3(5)4-6;/h2*2H,1H2,(H-,4,5,6);/q2*-1;+2. The summed E-state index contributed by atoms with van der Waals surface area (Å²) in [5, 5.41) is 18.4. The van der Waals surface area contributed by atoms with E-state index >= 15 is 0 Å². The number of amides is 2. The van der Waals surface area contributed by atoms with Gasteiger partial charge in [0.15, 0.2) is 0 Å². The number of rotatable bonds is 2. The van der Waals surface area contributed by atoms with Gasteiger partial charge in [-0.2, -0.15) is 0 Å². The first-order valence-corrected chi connectivity index (χ1v) is 2.71. The van der Waals surface area contributed by atoms with Gasteiger partial charge in [-0.05, 0) is 12.2 Å². The van der Waals surface area contributed by atoms with Crippen LogP contribution in [0.3, 0.4) is 0 Å². The second-order valence-electron chi connectivity index (χ2n) is 1.34. The van der Waals surface area contributed by atoms with Gasteiger partial charge >= 0.3 is 37.7 Å². The summed E-state index contributed by atoms with van der Waals surface area (Å²) in [6.45, 7) is 6.04. The minimum Gasteiger partial charge on any atom is -0.759 e. The molecule has 0 aliphatic carbocycles. The molecule has 0 heterocycles. The van der Waals surface area contributed by atoms with Crippen molar-refractivity contribution in [3.8, 4) is 0 Å². The Bertz CT molecular complexity index is 163. The first-order chi connectivity index (χ1) is 5.62. The van der Waals surface area contributed by atoms with Crippen LogP contribution in [0.4, 0.5) is 0 Å². The third kappa shape index (κ3) is 18.5. The molecule has 7 heteroatoms. The first kappa shape index (κ1) is 18.4. The topological polar surface area (TPSA) is 104 Å². The van der Waals surface area contributed by atoms with Gasteiger partial charge in [-0.3, -0.25) is 9.59 Å². The molecule has 0 aliphatic heterocycles. The van der Waals surface area contributed by atoms with E-state index in [1.54, 1.807) is 0 Å². The number of carbonyl (C=O) groups is 2. The SMILES string of the molecule is C=CC(=O)N[O-].C=CC(=O)N[O-].[Ca+2]. The van der Waals surface area contributed by atoms with E-state index < -0.39 is 11.8 Å². The van der Waals surface area contributed by atoms with Crippen molar-refractivity contribution in [2.24, 2.45) is 0 Å². The van der Waals surface area contributed by atoms with E-state index in [0.29, 0.717) is 0 Å². The molecule has 0 aromatic rings. The number of hydrogen-bond donors (Lipinski definition) is 2. The van der Waals surface area contributed by atoms with Gasteiger partial charge in [0, 0.05) is 0 Å². The molecule has 0 fully saturated rings. The Balaban J connectivity index is -0.000000143. The second kappa shape index (κ2) is 14.1. The molecule has 0 saturated carbocycles. The van der Waals surface area contributed by atoms with Crippen LogP contribution in [0.5, 0.6) is 0 Å². The van der Waals surface area contributed by atoms with Crippen molar-refractivity contribution in [2.75, 3.05) is 0 Å². The maximum atomic E-state index is 9.64. The van der Waals surface area contributed by atoms with Crippen LogP contribution in [0.2, 0.25) is 0 Å². The fourth-order valence-electron chi connectivity index (χ4n) is 0.0833. The summed E-state index contributed by atoms with van der Waals surface area (Å²) >= 11 is 0. The predicted molar refractivity (Wildman–Crippen MR) is 49.2 cm³/mol. The Morgan fingerprint density at radius 2 is 1.23 bits per heavy atom. The minimum absolute atomic E-state index is 0. The van der Waals surface area contributed by atoms with Crippen molar-refractivity contribution in [1.29, 1.82) is 0 Å². The van der Waals surface area contributed by atoms with Gasteiger partial charge in [-0.1, -0.05) is 13.2 Å². The average molecular weight is 212 g/mol. The molecule has 0 saturated heterocycles. The molecule has 0 aromatic heterocycles. The molecule has 2 N–H and O–H groups in total. The molecule has 2 amide bonds. The maximum Gasteiger partial charge on any atom is 2.00 e. The van der Waals surface area contributed by atoms with E-state index in [9.17, 15) is 20.0 Å². The number of nitrogens with one attached hydrogen (secondary N) is 2. The van der Waals surface area contributed by atoms with E-state index in [4.69, 9.17) is 0 Å². The van der Waals surface area contributed by atoms with Gasteiger partial charge in [0.2, 0.25) is 11.8 Å². The molecule has 6 nitrogen and oxygen atoms in total. The van der Waals surface area contributed by atoms with Crippen LogP contribution >= 0.6 is 0 Å². The monoisotopic (exact) mass is 212 g/mol. The van der Waals surface area contributed by atoms with Crippen LogP contribution < -0.4 is 11.0 Å². The summed E-state index contributed by atoms with van der Waals surface area (Å²) in [6.07, 6.45) is 1.82. The Morgan fingerprint density at radius 3 is 1.23 bits per heavy atom. The zero-order chi connectivity index (χ0) is 9.98. The van der Waals surface area contributed by atoms with Crippen LogP contribution in [-0.4, -0.2) is 49.6 Å². The zero-order valence-corrected chi connectivity index (χ0v) is 9.12. The van der Waals surface area contributed by atoms with Crippen molar-refractivity contribution in [2.45, 2.75) is 0 Å². The van der Waals surface area contributed by atoms with E-state index in [2.05, 4.69) is 13.2 Å². The molecule has 0 rings (SSSR count). The van der Waals surface area contributed by atoms with Crippen molar-refractivity contribution in [1.82, 2.24) is 11.0 Å². The molecule has 0 spiro atoms. The van der Waals surface area contributed by atoms with Crippen LogP contribution in [0.25, 0.3) is 0 Å². The van der Waals surface area contributed by atoms with Crippen molar-refractivity contribution < 1.29 is 9.59 Å². The number of hydrogen-bond acceptors (Lipinski definition) is 4. The molecule has 13 heavy (non-hydrogen) atoms. The zero-order valence-electron chi connectivity index (χ0n) is 6.91. The molecular formula is C6H8CaN2O4. The first-order valence-electron chi connectivity index (χ1n) is 2.71. The summed E-state index contributed by atoms with van der Waals surface area (Å²) in [4.78, 5) is 19.3. The Hall–Kier alpha value is -0.400. The largest absolute Gasteiger partial charge is 2.00 e. The van der Waals surface area contributed by atoms with Crippen molar-refractivity contribution in [3.05, 3.63) is 35.7 Å². The van der Waals surface area contributed by atoms with Gasteiger partial charge in [0.25, 0.3) is 0 Å². The van der Waals surface area contributed by atoms with Gasteiger partial charge in [-0.15, -0.1) is 0 Å². The van der Waals surface area contributed by atoms with Gasteiger partial charge in [-0.25, -0.2) is 0 Å². The third-order valence-corrected chi connectivity index (χ3v) is 0.572. The Kier molecular flexibility index (Phi) is 20.0. The summed E-state index contributed by atoms with van der Waals surface area (Å²) < 4.78 is 0. The van der Waals surface area contributed by atoms with E-state index in [1.165, 1.54) is 0 Å². The summed E-state index contributed by atoms with van der Waals surface area (Å²) in [5.41, 5.74) is 2.22. The fourth-order valence-corrected chi connectivity index (χ4v) is 0.0833. The van der Waals surface area contributed by atoms with E-state index in [1.807, 2.05) is 0 Å². The Labute approximate surface area is 105 Å². The van der Waals surface area contributed by atoms with E-state index in [-0.39, 0.29) is 37.7 Å². The maximum absolute atomic E-state index is 9.64. The quantitative estimate of drug-likeness (QED) is 0.355.